The molecule has 0 saturated carbocycles. The van der Waals surface area contributed by atoms with E-state index in [4.69, 9.17) is 4.74 Å². The lowest BCUT2D eigenvalue weighted by atomic mass is 10.2. The minimum absolute atomic E-state index is 0.172. The van der Waals surface area contributed by atoms with Gasteiger partial charge in [-0.3, -0.25) is 29.8 Å². The first-order valence-electron chi connectivity index (χ1n) is 9.19. The van der Waals surface area contributed by atoms with E-state index >= 15 is 0 Å². The van der Waals surface area contributed by atoms with Gasteiger partial charge < -0.3 is 9.30 Å². The number of amides is 2. The topological polar surface area (TPSA) is 129 Å². The standard InChI is InChI=1S/C19H22N6O5/c1-13(26)21-22-15(27)11-25-18(28)16-17(20-12-23(16)8-9-30-2)24(19(25)29)10-14-6-4-3-5-7-14/h3-7,12H,8-11H2,1-2H3,(H,21,26)(H,22,27). The lowest BCUT2D eigenvalue weighted by Gasteiger charge is -2.13. The van der Waals surface area contributed by atoms with E-state index < -0.39 is 29.6 Å². The average Bonchev–Trinajstić information content (AvgIpc) is 3.16. The third-order valence-corrected chi connectivity index (χ3v) is 4.38. The quantitative estimate of drug-likeness (QED) is 0.488. The van der Waals surface area contributed by atoms with Crippen molar-refractivity contribution >= 4 is 23.0 Å². The second-order valence-electron chi connectivity index (χ2n) is 6.58. The SMILES string of the molecule is COCCn1cnc2c1c(=O)n(CC(=O)NNC(C)=O)c(=O)n2Cc1ccccc1. The normalized spacial score (nSPS) is 10.9. The van der Waals surface area contributed by atoms with Crippen LogP contribution >= 0.6 is 0 Å². The van der Waals surface area contributed by atoms with Crippen LogP contribution in [0.25, 0.3) is 11.2 Å². The second-order valence-corrected chi connectivity index (χ2v) is 6.58. The fourth-order valence-electron chi connectivity index (χ4n) is 2.99. The first-order chi connectivity index (χ1) is 14.4. The molecule has 30 heavy (non-hydrogen) atoms. The number of imidazole rings is 1. The molecule has 2 aromatic heterocycles. The summed E-state index contributed by atoms with van der Waals surface area (Å²) in [5, 5.41) is 0. The molecule has 3 aromatic rings. The van der Waals surface area contributed by atoms with Gasteiger partial charge in [0.25, 0.3) is 11.5 Å². The number of rotatable bonds is 7. The van der Waals surface area contributed by atoms with Crippen molar-refractivity contribution in [1.29, 1.82) is 0 Å². The maximum absolute atomic E-state index is 13.1. The molecule has 0 aliphatic heterocycles. The summed E-state index contributed by atoms with van der Waals surface area (Å²) in [4.78, 5) is 53.6. The van der Waals surface area contributed by atoms with E-state index in [1.165, 1.54) is 24.9 Å². The number of ether oxygens (including phenoxy) is 1. The van der Waals surface area contributed by atoms with Gasteiger partial charge in [0.2, 0.25) is 5.91 Å². The first kappa shape index (κ1) is 21.0. The van der Waals surface area contributed by atoms with Crippen LogP contribution in [0.5, 0.6) is 0 Å². The van der Waals surface area contributed by atoms with Crippen molar-refractivity contribution in [2.75, 3.05) is 13.7 Å². The third kappa shape index (κ3) is 4.46. The largest absolute Gasteiger partial charge is 0.383 e. The van der Waals surface area contributed by atoms with Gasteiger partial charge in [0.15, 0.2) is 11.2 Å². The van der Waals surface area contributed by atoms with Crippen molar-refractivity contribution in [3.05, 3.63) is 63.1 Å². The zero-order valence-corrected chi connectivity index (χ0v) is 16.6. The number of aromatic nitrogens is 4. The highest BCUT2D eigenvalue weighted by molar-refractivity contribution is 5.80. The Morgan fingerprint density at radius 3 is 2.50 bits per heavy atom. The molecule has 0 atom stereocenters. The molecule has 0 radical (unpaired) electrons. The Balaban J connectivity index is 2.12. The molecule has 0 aliphatic rings. The van der Waals surface area contributed by atoms with Crippen molar-refractivity contribution in [3.63, 3.8) is 0 Å². The number of hydrazine groups is 1. The van der Waals surface area contributed by atoms with E-state index in [-0.39, 0.29) is 17.7 Å². The molecule has 0 spiro atoms. The highest BCUT2D eigenvalue weighted by atomic mass is 16.5. The highest BCUT2D eigenvalue weighted by Crippen LogP contribution is 2.09. The lowest BCUT2D eigenvalue weighted by molar-refractivity contribution is -0.128. The number of hydrogen-bond acceptors (Lipinski definition) is 6. The van der Waals surface area contributed by atoms with Crippen LogP contribution in [0.1, 0.15) is 12.5 Å². The summed E-state index contributed by atoms with van der Waals surface area (Å²) in [6, 6.07) is 9.23. The number of methoxy groups -OCH3 is 1. The molecule has 2 amide bonds. The highest BCUT2D eigenvalue weighted by Gasteiger charge is 2.20. The monoisotopic (exact) mass is 414 g/mol. The molecule has 158 valence electrons. The van der Waals surface area contributed by atoms with Gasteiger partial charge >= 0.3 is 5.69 Å². The van der Waals surface area contributed by atoms with Gasteiger partial charge in [-0.2, -0.15) is 0 Å². The minimum Gasteiger partial charge on any atom is -0.383 e. The molecule has 0 saturated heterocycles. The maximum atomic E-state index is 13.1. The molecular weight excluding hydrogens is 392 g/mol. The number of carbonyl (C=O) groups is 2. The Morgan fingerprint density at radius 2 is 1.83 bits per heavy atom. The molecule has 2 heterocycles. The number of hydrogen-bond donors (Lipinski definition) is 2. The lowest BCUT2D eigenvalue weighted by Crippen LogP contribution is -2.47. The van der Waals surface area contributed by atoms with E-state index in [1.807, 2.05) is 30.3 Å². The molecule has 11 nitrogen and oxygen atoms in total. The predicted octanol–water partition coefficient (Wildman–Crippen LogP) is -0.778. The fourth-order valence-corrected chi connectivity index (χ4v) is 2.99. The number of benzene rings is 1. The predicted molar refractivity (Wildman–Crippen MR) is 108 cm³/mol. The molecule has 1 aromatic carbocycles. The summed E-state index contributed by atoms with van der Waals surface area (Å²) in [7, 11) is 1.54. The van der Waals surface area contributed by atoms with Crippen LogP contribution in [0.4, 0.5) is 0 Å². The van der Waals surface area contributed by atoms with Crippen LogP contribution in [0.15, 0.2) is 46.2 Å². The zero-order chi connectivity index (χ0) is 21.7. The van der Waals surface area contributed by atoms with Crippen LogP contribution in [-0.4, -0.2) is 44.2 Å². The van der Waals surface area contributed by atoms with E-state index in [9.17, 15) is 19.2 Å². The Kier molecular flexibility index (Phi) is 6.42. The molecule has 0 fully saturated rings. The minimum atomic E-state index is -0.710. The number of fused-ring (bicyclic) bond motifs is 1. The van der Waals surface area contributed by atoms with Crippen molar-refractivity contribution in [3.8, 4) is 0 Å². The first-order valence-corrected chi connectivity index (χ1v) is 9.19. The Hall–Kier alpha value is -3.73. The smallest absolute Gasteiger partial charge is 0.333 e. The summed E-state index contributed by atoms with van der Waals surface area (Å²) in [5.41, 5.74) is 4.22. The molecule has 0 unspecified atom stereocenters. The van der Waals surface area contributed by atoms with Gasteiger partial charge in [0.1, 0.15) is 6.54 Å². The summed E-state index contributed by atoms with van der Waals surface area (Å²) < 4.78 is 8.84. The van der Waals surface area contributed by atoms with E-state index in [0.717, 1.165) is 10.1 Å². The summed E-state index contributed by atoms with van der Waals surface area (Å²) in [6.45, 7) is 1.53. The van der Waals surface area contributed by atoms with Crippen LogP contribution in [-0.2, 0) is 34.0 Å². The molecule has 0 bridgehead atoms. The number of nitrogens with one attached hydrogen (secondary N) is 2. The van der Waals surface area contributed by atoms with Crippen molar-refractivity contribution in [1.82, 2.24) is 29.5 Å². The van der Waals surface area contributed by atoms with Gasteiger partial charge in [-0.05, 0) is 5.56 Å². The number of nitrogens with zero attached hydrogens (tertiary/aromatic N) is 4. The summed E-state index contributed by atoms with van der Waals surface area (Å²) in [6.07, 6.45) is 1.47. The molecule has 0 aliphatic carbocycles. The van der Waals surface area contributed by atoms with Crippen molar-refractivity contribution < 1.29 is 14.3 Å². The fraction of sp³-hybridized carbons (Fsp3) is 0.316. The average molecular weight is 414 g/mol. The number of carbonyl (C=O) groups excluding carboxylic acids is 2. The zero-order valence-electron chi connectivity index (χ0n) is 16.6. The van der Waals surface area contributed by atoms with Crippen molar-refractivity contribution in [2.24, 2.45) is 0 Å². The van der Waals surface area contributed by atoms with Gasteiger partial charge in [0.05, 0.1) is 19.5 Å². The van der Waals surface area contributed by atoms with E-state index in [0.29, 0.717) is 13.2 Å². The van der Waals surface area contributed by atoms with Crippen molar-refractivity contribution in [2.45, 2.75) is 26.6 Å². The molecule has 3 rings (SSSR count). The van der Waals surface area contributed by atoms with Crippen LogP contribution in [0.2, 0.25) is 0 Å². The maximum Gasteiger partial charge on any atom is 0.333 e. The van der Waals surface area contributed by atoms with E-state index in [1.54, 1.807) is 4.57 Å². The molecule has 2 N–H and O–H groups in total. The summed E-state index contributed by atoms with van der Waals surface area (Å²) >= 11 is 0. The summed E-state index contributed by atoms with van der Waals surface area (Å²) in [5.74, 6) is -1.19. The Morgan fingerprint density at radius 1 is 1.10 bits per heavy atom. The Bertz CT molecular complexity index is 1180. The van der Waals surface area contributed by atoms with Gasteiger partial charge in [0, 0.05) is 20.6 Å². The van der Waals surface area contributed by atoms with Crippen LogP contribution in [0, 0.1) is 0 Å². The van der Waals surface area contributed by atoms with Crippen LogP contribution < -0.4 is 22.1 Å². The Labute approximate surface area is 170 Å². The van der Waals surface area contributed by atoms with E-state index in [2.05, 4.69) is 15.8 Å². The van der Waals surface area contributed by atoms with Gasteiger partial charge in [-0.1, -0.05) is 30.3 Å². The molecule has 11 heteroatoms. The van der Waals surface area contributed by atoms with Gasteiger partial charge in [-0.25, -0.2) is 14.3 Å². The van der Waals surface area contributed by atoms with Gasteiger partial charge in [-0.15, -0.1) is 0 Å². The third-order valence-electron chi connectivity index (χ3n) is 4.38. The van der Waals surface area contributed by atoms with Crippen LogP contribution in [0.3, 0.4) is 0 Å². The molecular formula is C19H22N6O5. The second kappa shape index (κ2) is 9.18.